The van der Waals surface area contributed by atoms with E-state index in [1.165, 1.54) is 6.08 Å². The van der Waals surface area contributed by atoms with Gasteiger partial charge in [0, 0.05) is 11.6 Å². The number of carboxylic acid groups (broad SMARTS) is 1. The molecule has 4 N–H and O–H groups in total. The van der Waals surface area contributed by atoms with Crippen molar-refractivity contribution in [3.8, 4) is 5.75 Å². The molecule has 0 spiro atoms. The number of hydrogen-bond donors (Lipinski definition) is 3. The second kappa shape index (κ2) is 4.76. The highest BCUT2D eigenvalue weighted by Gasteiger charge is 2.17. The highest BCUT2D eigenvalue weighted by molar-refractivity contribution is 5.88. The van der Waals surface area contributed by atoms with E-state index in [1.54, 1.807) is 0 Å². The molecule has 5 heteroatoms. The Balaban J connectivity index is 3.26. The molecule has 1 atom stereocenters. The summed E-state index contributed by atoms with van der Waals surface area (Å²) in [6, 6.07) is 1.24. The number of halogens is 1. The minimum Gasteiger partial charge on any atom is -0.505 e. The van der Waals surface area contributed by atoms with Crippen LogP contribution in [0, 0.1) is 5.82 Å². The minimum absolute atomic E-state index is 0.0669. The second-order valence-electron chi connectivity index (χ2n) is 3.33. The Labute approximate surface area is 91.8 Å². The lowest BCUT2D eigenvalue weighted by atomic mass is 10.0. The Kier molecular flexibility index (Phi) is 3.63. The summed E-state index contributed by atoms with van der Waals surface area (Å²) in [5, 5.41) is 18.1. The highest BCUT2D eigenvalue weighted by Crippen LogP contribution is 2.29. The van der Waals surface area contributed by atoms with Crippen molar-refractivity contribution in [2.24, 2.45) is 5.73 Å². The predicted molar refractivity (Wildman–Crippen MR) is 56.8 cm³/mol. The summed E-state index contributed by atoms with van der Waals surface area (Å²) in [5.41, 5.74) is 5.47. The monoisotopic (exact) mass is 225 g/mol. The quantitative estimate of drug-likeness (QED) is 0.682. The first-order chi connectivity index (χ1) is 7.47. The molecule has 0 aliphatic heterocycles. The summed E-state index contributed by atoms with van der Waals surface area (Å²) in [6.07, 6.45) is 1.82. The molecule has 0 unspecified atom stereocenters. The van der Waals surface area contributed by atoms with Gasteiger partial charge in [-0.3, -0.25) is 0 Å². The van der Waals surface area contributed by atoms with Gasteiger partial charge in [-0.2, -0.15) is 0 Å². The lowest BCUT2D eigenvalue weighted by Crippen LogP contribution is -2.11. The van der Waals surface area contributed by atoms with Gasteiger partial charge in [0.1, 0.15) is 0 Å². The summed E-state index contributed by atoms with van der Waals surface area (Å²) in [5.74, 6) is -2.88. The standard InChI is InChI=1S/C11H12FNO3/c1-2-3-9(13)7-4-6(11(15)16)5-8(12)10(7)14/h2,4-5,9,14H,1,3,13H2,(H,15,16)/t9-/m0/s1. The van der Waals surface area contributed by atoms with Crippen molar-refractivity contribution >= 4 is 5.97 Å². The average molecular weight is 225 g/mol. The molecule has 0 aromatic heterocycles. The van der Waals surface area contributed by atoms with Gasteiger partial charge in [0.05, 0.1) is 5.56 Å². The summed E-state index contributed by atoms with van der Waals surface area (Å²) in [7, 11) is 0. The Morgan fingerprint density at radius 3 is 2.75 bits per heavy atom. The first-order valence-corrected chi connectivity index (χ1v) is 4.59. The van der Waals surface area contributed by atoms with Crippen LogP contribution in [-0.4, -0.2) is 16.2 Å². The van der Waals surface area contributed by atoms with Crippen LogP contribution >= 0.6 is 0 Å². The number of rotatable bonds is 4. The van der Waals surface area contributed by atoms with E-state index in [-0.39, 0.29) is 11.1 Å². The number of nitrogens with two attached hydrogens (primary N) is 1. The summed E-state index contributed by atoms with van der Waals surface area (Å²) >= 11 is 0. The van der Waals surface area contributed by atoms with Crippen LogP contribution < -0.4 is 5.73 Å². The number of phenolic OH excluding ortho intramolecular Hbond substituents is 1. The molecule has 0 fully saturated rings. The fraction of sp³-hybridized carbons (Fsp3) is 0.182. The van der Waals surface area contributed by atoms with E-state index >= 15 is 0 Å². The summed E-state index contributed by atoms with van der Waals surface area (Å²) in [6.45, 7) is 3.46. The average Bonchev–Trinajstić information content (AvgIpc) is 2.21. The van der Waals surface area contributed by atoms with Crippen molar-refractivity contribution in [2.45, 2.75) is 12.5 Å². The predicted octanol–water partition coefficient (Wildman–Crippen LogP) is 1.81. The fourth-order valence-corrected chi connectivity index (χ4v) is 1.33. The van der Waals surface area contributed by atoms with Crippen molar-refractivity contribution in [2.75, 3.05) is 0 Å². The maximum Gasteiger partial charge on any atom is 0.335 e. The van der Waals surface area contributed by atoms with Crippen LogP contribution in [0.2, 0.25) is 0 Å². The van der Waals surface area contributed by atoms with E-state index in [1.807, 2.05) is 0 Å². The van der Waals surface area contributed by atoms with Gasteiger partial charge < -0.3 is 15.9 Å². The van der Waals surface area contributed by atoms with Crippen LogP contribution in [0.5, 0.6) is 5.75 Å². The Bertz CT molecular complexity index is 431. The molecule has 0 saturated carbocycles. The fourth-order valence-electron chi connectivity index (χ4n) is 1.33. The molecule has 0 amide bonds. The number of benzene rings is 1. The van der Waals surface area contributed by atoms with Crippen LogP contribution in [0.1, 0.15) is 28.4 Å². The smallest absolute Gasteiger partial charge is 0.335 e. The number of carboxylic acids is 1. The molecule has 1 aromatic rings. The molecule has 1 rings (SSSR count). The lowest BCUT2D eigenvalue weighted by molar-refractivity contribution is 0.0696. The van der Waals surface area contributed by atoms with Crippen LogP contribution in [0.3, 0.4) is 0 Å². The van der Waals surface area contributed by atoms with Gasteiger partial charge in [-0.15, -0.1) is 6.58 Å². The Hall–Kier alpha value is -1.88. The third-order valence-electron chi connectivity index (χ3n) is 2.16. The van der Waals surface area contributed by atoms with E-state index < -0.39 is 23.6 Å². The van der Waals surface area contributed by atoms with Gasteiger partial charge in [0.2, 0.25) is 0 Å². The first-order valence-electron chi connectivity index (χ1n) is 4.59. The van der Waals surface area contributed by atoms with Gasteiger partial charge in [-0.25, -0.2) is 9.18 Å². The van der Waals surface area contributed by atoms with Gasteiger partial charge in [0.25, 0.3) is 0 Å². The molecule has 4 nitrogen and oxygen atoms in total. The van der Waals surface area contributed by atoms with Gasteiger partial charge >= 0.3 is 5.97 Å². The molecule has 0 saturated heterocycles. The molecule has 0 bridgehead atoms. The van der Waals surface area contributed by atoms with E-state index in [0.717, 1.165) is 12.1 Å². The number of phenols is 1. The highest BCUT2D eigenvalue weighted by atomic mass is 19.1. The van der Waals surface area contributed by atoms with Gasteiger partial charge in [-0.05, 0) is 18.6 Å². The molecule has 16 heavy (non-hydrogen) atoms. The van der Waals surface area contributed by atoms with Crippen LogP contribution in [0.15, 0.2) is 24.8 Å². The Morgan fingerprint density at radius 2 is 2.25 bits per heavy atom. The molecule has 0 aliphatic carbocycles. The van der Waals surface area contributed by atoms with E-state index in [2.05, 4.69) is 6.58 Å². The number of aromatic hydroxyl groups is 1. The third-order valence-corrected chi connectivity index (χ3v) is 2.16. The van der Waals surface area contributed by atoms with Crippen molar-refractivity contribution in [3.63, 3.8) is 0 Å². The van der Waals surface area contributed by atoms with Gasteiger partial charge in [0.15, 0.2) is 11.6 Å². The molecule has 86 valence electrons. The zero-order valence-electron chi connectivity index (χ0n) is 8.48. The number of aromatic carboxylic acids is 1. The minimum atomic E-state index is -1.27. The SMILES string of the molecule is C=CC[C@H](N)c1cc(C(=O)O)cc(F)c1O. The van der Waals surface area contributed by atoms with Gasteiger partial charge in [-0.1, -0.05) is 6.08 Å². The van der Waals surface area contributed by atoms with Crippen molar-refractivity contribution in [1.82, 2.24) is 0 Å². The molecule has 0 radical (unpaired) electrons. The topological polar surface area (TPSA) is 83.6 Å². The van der Waals surface area contributed by atoms with Crippen LogP contribution in [0.4, 0.5) is 4.39 Å². The second-order valence-corrected chi connectivity index (χ2v) is 3.33. The lowest BCUT2D eigenvalue weighted by Gasteiger charge is -2.12. The number of carbonyl (C=O) groups is 1. The zero-order chi connectivity index (χ0) is 12.3. The maximum atomic E-state index is 13.2. The van der Waals surface area contributed by atoms with E-state index in [4.69, 9.17) is 10.8 Å². The Morgan fingerprint density at radius 1 is 1.62 bits per heavy atom. The zero-order valence-corrected chi connectivity index (χ0v) is 8.48. The molecule has 0 aliphatic rings. The third kappa shape index (κ3) is 2.38. The normalized spacial score (nSPS) is 12.1. The molecular formula is C11H12FNO3. The van der Waals surface area contributed by atoms with Crippen LogP contribution in [-0.2, 0) is 0 Å². The molecule has 1 aromatic carbocycles. The maximum absolute atomic E-state index is 13.2. The van der Waals surface area contributed by atoms with Crippen molar-refractivity contribution < 1.29 is 19.4 Å². The van der Waals surface area contributed by atoms with Crippen molar-refractivity contribution in [3.05, 3.63) is 41.7 Å². The van der Waals surface area contributed by atoms with E-state index in [0.29, 0.717) is 6.42 Å². The number of hydrogen-bond acceptors (Lipinski definition) is 3. The molecular weight excluding hydrogens is 213 g/mol. The van der Waals surface area contributed by atoms with Crippen molar-refractivity contribution in [1.29, 1.82) is 0 Å². The molecule has 0 heterocycles. The van der Waals surface area contributed by atoms with E-state index in [9.17, 15) is 14.3 Å². The first kappa shape index (κ1) is 12.2. The summed E-state index contributed by atoms with van der Waals surface area (Å²) < 4.78 is 13.2. The largest absolute Gasteiger partial charge is 0.505 e. The van der Waals surface area contributed by atoms with Crippen LogP contribution in [0.25, 0.3) is 0 Å². The summed E-state index contributed by atoms with van der Waals surface area (Å²) in [4.78, 5) is 10.7.